The van der Waals surface area contributed by atoms with Crippen molar-refractivity contribution < 1.29 is 9.47 Å². The third-order valence-corrected chi connectivity index (χ3v) is 3.85. The van der Waals surface area contributed by atoms with Crippen molar-refractivity contribution >= 4 is 29.9 Å². The SMILES string of the molecule is CCOc1ccc(CCNC(N)=NCCc2ccccc2)cc1OCC.I. The Kier molecular flexibility index (Phi) is 11.3. The number of aliphatic imine (C=N–C) groups is 1. The summed E-state index contributed by atoms with van der Waals surface area (Å²) < 4.78 is 11.2. The molecule has 2 aromatic rings. The number of rotatable bonds is 10. The maximum atomic E-state index is 5.94. The van der Waals surface area contributed by atoms with Gasteiger partial charge in [-0.1, -0.05) is 36.4 Å². The molecule has 0 radical (unpaired) electrons. The minimum Gasteiger partial charge on any atom is -0.490 e. The molecule has 6 heteroatoms. The standard InChI is InChI=1S/C21H29N3O2.HI/c1-3-25-19-11-10-18(16-20(19)26-4-2)13-15-24-21(22)23-14-12-17-8-6-5-7-9-17;/h5-11,16H,3-4,12-15H2,1-2H3,(H3,22,23,24);1H. The number of nitrogens with two attached hydrogens (primary N) is 1. The lowest BCUT2D eigenvalue weighted by molar-refractivity contribution is 0.287. The van der Waals surface area contributed by atoms with E-state index in [1.165, 1.54) is 11.1 Å². The van der Waals surface area contributed by atoms with Gasteiger partial charge in [0.15, 0.2) is 17.5 Å². The van der Waals surface area contributed by atoms with E-state index in [1.54, 1.807) is 0 Å². The van der Waals surface area contributed by atoms with Gasteiger partial charge >= 0.3 is 0 Å². The molecule has 0 fully saturated rings. The molecule has 0 atom stereocenters. The van der Waals surface area contributed by atoms with Crippen molar-refractivity contribution in [2.75, 3.05) is 26.3 Å². The Labute approximate surface area is 179 Å². The molecule has 27 heavy (non-hydrogen) atoms. The molecule has 0 aliphatic carbocycles. The van der Waals surface area contributed by atoms with E-state index < -0.39 is 0 Å². The Morgan fingerprint density at radius 3 is 2.33 bits per heavy atom. The van der Waals surface area contributed by atoms with Gasteiger partial charge in [-0.25, -0.2) is 0 Å². The van der Waals surface area contributed by atoms with E-state index in [0.29, 0.717) is 25.7 Å². The van der Waals surface area contributed by atoms with E-state index >= 15 is 0 Å². The van der Waals surface area contributed by atoms with Crippen LogP contribution in [0.4, 0.5) is 0 Å². The number of hydrogen-bond acceptors (Lipinski definition) is 3. The van der Waals surface area contributed by atoms with Crippen LogP contribution in [0.25, 0.3) is 0 Å². The zero-order valence-electron chi connectivity index (χ0n) is 16.1. The van der Waals surface area contributed by atoms with Crippen LogP contribution in [0.15, 0.2) is 53.5 Å². The molecule has 0 amide bonds. The molecule has 0 heterocycles. The average molecular weight is 483 g/mol. The molecule has 0 unspecified atom stereocenters. The number of halogens is 1. The Morgan fingerprint density at radius 1 is 0.926 bits per heavy atom. The van der Waals surface area contributed by atoms with E-state index in [1.807, 2.05) is 44.2 Å². The quantitative estimate of drug-likeness (QED) is 0.307. The Hall–Kier alpha value is -1.96. The third-order valence-electron chi connectivity index (χ3n) is 3.85. The van der Waals surface area contributed by atoms with Gasteiger partial charge in [0.2, 0.25) is 0 Å². The molecule has 0 aliphatic heterocycles. The molecule has 0 saturated carbocycles. The van der Waals surface area contributed by atoms with Crippen LogP contribution in [0.3, 0.4) is 0 Å². The average Bonchev–Trinajstić information content (AvgIpc) is 2.65. The zero-order valence-corrected chi connectivity index (χ0v) is 18.4. The first-order valence-corrected chi connectivity index (χ1v) is 9.19. The highest BCUT2D eigenvalue weighted by Gasteiger charge is 2.06. The lowest BCUT2D eigenvalue weighted by Gasteiger charge is -2.12. The van der Waals surface area contributed by atoms with E-state index in [0.717, 1.165) is 30.9 Å². The molecule has 0 spiro atoms. The van der Waals surface area contributed by atoms with Crippen molar-refractivity contribution in [1.82, 2.24) is 5.32 Å². The van der Waals surface area contributed by atoms with Gasteiger partial charge in [-0.3, -0.25) is 4.99 Å². The van der Waals surface area contributed by atoms with Crippen LogP contribution in [0, 0.1) is 0 Å². The predicted octanol–water partition coefficient (Wildman–Crippen LogP) is 3.79. The largest absolute Gasteiger partial charge is 0.490 e. The summed E-state index contributed by atoms with van der Waals surface area (Å²) >= 11 is 0. The summed E-state index contributed by atoms with van der Waals surface area (Å²) in [5.74, 6) is 2.06. The van der Waals surface area contributed by atoms with Gasteiger partial charge in [0.25, 0.3) is 0 Å². The molecule has 2 aromatic carbocycles. The van der Waals surface area contributed by atoms with Crippen LogP contribution in [-0.2, 0) is 12.8 Å². The number of ether oxygens (including phenoxy) is 2. The van der Waals surface area contributed by atoms with Crippen LogP contribution in [0.1, 0.15) is 25.0 Å². The fraction of sp³-hybridized carbons (Fsp3) is 0.381. The summed E-state index contributed by atoms with van der Waals surface area (Å²) in [7, 11) is 0. The highest BCUT2D eigenvalue weighted by atomic mass is 127. The summed E-state index contributed by atoms with van der Waals surface area (Å²) in [5.41, 5.74) is 8.37. The van der Waals surface area contributed by atoms with Crippen molar-refractivity contribution in [3.8, 4) is 11.5 Å². The summed E-state index contributed by atoms with van der Waals surface area (Å²) in [4.78, 5) is 4.37. The fourth-order valence-corrected chi connectivity index (χ4v) is 2.59. The van der Waals surface area contributed by atoms with Gasteiger partial charge in [0.05, 0.1) is 13.2 Å². The van der Waals surface area contributed by atoms with Gasteiger partial charge in [0, 0.05) is 13.1 Å². The van der Waals surface area contributed by atoms with E-state index in [9.17, 15) is 0 Å². The number of benzene rings is 2. The topological polar surface area (TPSA) is 68.9 Å². The fourth-order valence-electron chi connectivity index (χ4n) is 2.59. The van der Waals surface area contributed by atoms with E-state index in [2.05, 4.69) is 28.5 Å². The molecule has 0 bridgehead atoms. The number of hydrogen-bond donors (Lipinski definition) is 2. The lowest BCUT2D eigenvalue weighted by atomic mass is 10.1. The second-order valence-corrected chi connectivity index (χ2v) is 5.83. The number of nitrogens with zero attached hydrogens (tertiary/aromatic N) is 1. The normalized spacial score (nSPS) is 10.8. The van der Waals surface area contributed by atoms with Crippen molar-refractivity contribution in [3.63, 3.8) is 0 Å². The Balaban J connectivity index is 0.00000364. The molecule has 0 aliphatic rings. The highest BCUT2D eigenvalue weighted by Crippen LogP contribution is 2.28. The Bertz CT molecular complexity index is 693. The van der Waals surface area contributed by atoms with Crippen LogP contribution in [0.2, 0.25) is 0 Å². The maximum absolute atomic E-state index is 5.94. The summed E-state index contributed by atoms with van der Waals surface area (Å²) in [5, 5.41) is 3.16. The van der Waals surface area contributed by atoms with Crippen LogP contribution in [-0.4, -0.2) is 32.3 Å². The van der Waals surface area contributed by atoms with Crippen molar-refractivity contribution in [2.24, 2.45) is 10.7 Å². The van der Waals surface area contributed by atoms with Crippen molar-refractivity contribution in [3.05, 3.63) is 59.7 Å². The molecule has 2 rings (SSSR count). The van der Waals surface area contributed by atoms with Crippen LogP contribution >= 0.6 is 24.0 Å². The molecular formula is C21H30IN3O2. The molecule has 0 aromatic heterocycles. The molecule has 5 nitrogen and oxygen atoms in total. The molecular weight excluding hydrogens is 453 g/mol. The maximum Gasteiger partial charge on any atom is 0.188 e. The highest BCUT2D eigenvalue weighted by molar-refractivity contribution is 14.0. The minimum atomic E-state index is 0. The van der Waals surface area contributed by atoms with Crippen LogP contribution in [0.5, 0.6) is 11.5 Å². The van der Waals surface area contributed by atoms with Gasteiger partial charge in [-0.15, -0.1) is 24.0 Å². The monoisotopic (exact) mass is 483 g/mol. The first kappa shape index (κ1) is 23.1. The van der Waals surface area contributed by atoms with Gasteiger partial charge < -0.3 is 20.5 Å². The second kappa shape index (κ2) is 13.2. The smallest absolute Gasteiger partial charge is 0.188 e. The molecule has 0 saturated heterocycles. The van der Waals surface area contributed by atoms with Gasteiger partial charge in [-0.05, 0) is 49.9 Å². The number of nitrogens with one attached hydrogen (secondary N) is 1. The third kappa shape index (κ3) is 8.51. The second-order valence-electron chi connectivity index (χ2n) is 5.83. The number of guanidine groups is 1. The first-order chi connectivity index (χ1) is 12.7. The molecule has 3 N–H and O–H groups in total. The van der Waals surface area contributed by atoms with Gasteiger partial charge in [0.1, 0.15) is 0 Å². The first-order valence-electron chi connectivity index (χ1n) is 9.19. The Morgan fingerprint density at radius 2 is 1.63 bits per heavy atom. The van der Waals surface area contributed by atoms with Crippen molar-refractivity contribution in [2.45, 2.75) is 26.7 Å². The summed E-state index contributed by atoms with van der Waals surface area (Å²) in [6.07, 6.45) is 1.72. The predicted molar refractivity (Wildman–Crippen MR) is 123 cm³/mol. The van der Waals surface area contributed by atoms with Crippen LogP contribution < -0.4 is 20.5 Å². The molecule has 148 valence electrons. The zero-order chi connectivity index (χ0) is 18.6. The summed E-state index contributed by atoms with van der Waals surface area (Å²) in [6.45, 7) is 6.57. The minimum absolute atomic E-state index is 0. The van der Waals surface area contributed by atoms with E-state index in [4.69, 9.17) is 15.2 Å². The van der Waals surface area contributed by atoms with E-state index in [-0.39, 0.29) is 24.0 Å². The van der Waals surface area contributed by atoms with Gasteiger partial charge in [-0.2, -0.15) is 0 Å². The lowest BCUT2D eigenvalue weighted by Crippen LogP contribution is -2.33. The summed E-state index contributed by atoms with van der Waals surface area (Å²) in [6, 6.07) is 16.3. The van der Waals surface area contributed by atoms with Crippen molar-refractivity contribution in [1.29, 1.82) is 0 Å².